The number of phosphoric ester groups is 2. The normalized spacial score (nSPS) is 26.8. The van der Waals surface area contributed by atoms with E-state index < -0.39 is 133 Å². The van der Waals surface area contributed by atoms with Crippen molar-refractivity contribution in [2.45, 2.75) is 134 Å². The fourth-order valence-corrected chi connectivity index (χ4v) is 11.6. The Hall–Kier alpha value is -4.24. The number of aromatic amines is 3. The molecule has 0 aromatic carbocycles. The van der Waals surface area contributed by atoms with Gasteiger partial charge in [0, 0.05) is 54.5 Å². The van der Waals surface area contributed by atoms with Crippen LogP contribution in [0.25, 0.3) is 0 Å². The molecule has 0 radical (unpaired) electrons. The Balaban J connectivity index is 1.28. The average Bonchev–Trinajstić information content (AvgIpc) is 4.00. The van der Waals surface area contributed by atoms with Crippen molar-refractivity contribution in [3.8, 4) is 0 Å². The molecule has 0 bridgehead atoms. The highest BCUT2D eigenvalue weighted by molar-refractivity contribution is 7.48. The molecule has 0 aliphatic carbocycles. The zero-order valence-corrected chi connectivity index (χ0v) is 43.0. The Morgan fingerprint density at radius 2 is 0.986 bits per heavy atom. The fourth-order valence-electron chi connectivity index (χ4n) is 7.52. The maximum absolute atomic E-state index is 14.8. The van der Waals surface area contributed by atoms with Crippen molar-refractivity contribution >= 4 is 24.0 Å². The zero-order chi connectivity index (χ0) is 51.5. The van der Waals surface area contributed by atoms with Crippen molar-refractivity contribution in [2.75, 3.05) is 33.0 Å². The minimum atomic E-state index is -4.74. The summed E-state index contributed by atoms with van der Waals surface area (Å²) in [5.74, 6) is 0. The summed E-state index contributed by atoms with van der Waals surface area (Å²) in [6, 6.07) is 0. The van der Waals surface area contributed by atoms with Gasteiger partial charge in [0.05, 0.1) is 39.1 Å². The van der Waals surface area contributed by atoms with Gasteiger partial charge in [0.2, 0.25) is 0 Å². The van der Waals surface area contributed by atoms with Crippen LogP contribution < -0.4 is 33.7 Å². The van der Waals surface area contributed by atoms with Crippen LogP contribution in [0.5, 0.6) is 0 Å². The highest BCUT2D eigenvalue weighted by Crippen LogP contribution is 2.56. The minimum Gasteiger partial charge on any atom is -0.411 e. The Morgan fingerprint density at radius 3 is 1.34 bits per heavy atom. The standard InChI is InChI=1S/C42H62N6O19P2Si/c1-11-13-58-68(56,65-27-15-33(62-30(27)21-49)46-18-24(3)36(50)43-39(46)53)60-22-31-28(16-34(63-31)47-19-25(4)37(51)44-40(47)54)66-69(57,59-14-12-2)61-23-32-29(67-70(9,10)42(6,7)8)17-35(64-32)48-20-26(5)38(52)45-41(48)55/h11-12,18-20,27-35,49H,1-2,13-17,21-23H2,3-10H3,(H,43,50,53)(H,44,51,54)(H,45,52,55). The van der Waals surface area contributed by atoms with E-state index in [1.165, 1.54) is 56.1 Å². The molecule has 0 spiro atoms. The molecule has 3 aliphatic heterocycles. The van der Waals surface area contributed by atoms with Crippen molar-refractivity contribution < 1.29 is 60.0 Å². The third kappa shape index (κ3) is 12.9. The van der Waals surface area contributed by atoms with E-state index in [9.17, 15) is 43.0 Å². The van der Waals surface area contributed by atoms with E-state index in [1.807, 2.05) is 33.9 Å². The number of aliphatic hydroxyl groups is 1. The molecule has 70 heavy (non-hydrogen) atoms. The van der Waals surface area contributed by atoms with Gasteiger partial charge < -0.3 is 23.7 Å². The number of nitrogens with zero attached hydrogens (tertiary/aromatic N) is 3. The lowest BCUT2D eigenvalue weighted by Crippen LogP contribution is -2.46. The van der Waals surface area contributed by atoms with Crippen LogP contribution in [0.1, 0.15) is 75.4 Å². The molecule has 11 atom stereocenters. The van der Waals surface area contributed by atoms with Gasteiger partial charge in [-0.25, -0.2) is 23.5 Å². The summed E-state index contributed by atoms with van der Waals surface area (Å²) in [5, 5.41) is 9.97. The molecule has 0 saturated carbocycles. The number of aromatic nitrogens is 6. The number of aryl methyl sites for hydroxylation is 3. The van der Waals surface area contributed by atoms with Crippen LogP contribution in [-0.2, 0) is 54.9 Å². The molecular weight excluding hydrogens is 983 g/mol. The number of phosphoric acid groups is 2. The molecule has 28 heteroatoms. The van der Waals surface area contributed by atoms with Gasteiger partial charge in [-0.2, -0.15) is 0 Å². The molecule has 3 saturated heterocycles. The van der Waals surface area contributed by atoms with E-state index >= 15 is 0 Å². The molecule has 3 aliphatic rings. The molecule has 11 unspecified atom stereocenters. The van der Waals surface area contributed by atoms with Gasteiger partial charge in [-0.1, -0.05) is 32.9 Å². The SMILES string of the molecule is C=CCOP(=O)(OCC1OC(n2cc(C)c(=O)[nH]c2=O)CC1OP(=O)(OCC=C)OCC1OC(n2cc(C)c(=O)[nH]c2=O)CC1O[Si](C)(C)C(C)(C)C)OC1CC(n2cc(C)c(=O)[nH]c2=O)OC1CO. The van der Waals surface area contributed by atoms with Crippen LogP contribution in [0.15, 0.2) is 72.7 Å². The van der Waals surface area contributed by atoms with E-state index in [0.717, 1.165) is 9.13 Å². The van der Waals surface area contributed by atoms with Crippen molar-refractivity contribution in [1.29, 1.82) is 0 Å². The molecule has 3 aromatic rings. The van der Waals surface area contributed by atoms with Gasteiger partial charge in [0.1, 0.15) is 49.2 Å². The zero-order valence-electron chi connectivity index (χ0n) is 40.2. The molecule has 3 aromatic heterocycles. The maximum atomic E-state index is 14.8. The second-order valence-electron chi connectivity index (χ2n) is 18.6. The van der Waals surface area contributed by atoms with E-state index in [1.54, 1.807) is 0 Å². The van der Waals surface area contributed by atoms with E-state index in [0.29, 0.717) is 0 Å². The Kier molecular flexibility index (Phi) is 17.5. The molecule has 0 amide bonds. The second kappa shape index (κ2) is 22.3. The first kappa shape index (κ1) is 55.1. The lowest BCUT2D eigenvalue weighted by molar-refractivity contribution is -0.0642. The van der Waals surface area contributed by atoms with Crippen LogP contribution in [-0.4, -0.2) is 112 Å². The van der Waals surface area contributed by atoms with Crippen molar-refractivity contribution in [2.24, 2.45) is 0 Å². The average molecular weight is 1050 g/mol. The van der Waals surface area contributed by atoms with Crippen LogP contribution in [0.4, 0.5) is 0 Å². The Labute approximate surface area is 402 Å². The topological polar surface area (TPSA) is 311 Å². The van der Waals surface area contributed by atoms with Crippen molar-refractivity contribution in [3.05, 3.63) is 123 Å². The lowest BCUT2D eigenvalue weighted by Gasteiger charge is -2.39. The molecule has 25 nitrogen and oxygen atoms in total. The lowest BCUT2D eigenvalue weighted by atomic mass is 10.2. The van der Waals surface area contributed by atoms with Crippen LogP contribution in [0.3, 0.4) is 0 Å². The van der Waals surface area contributed by atoms with E-state index in [4.69, 9.17) is 45.8 Å². The number of rotatable bonds is 22. The summed E-state index contributed by atoms with van der Waals surface area (Å²) in [6.45, 7) is 19.4. The third-order valence-electron chi connectivity index (χ3n) is 12.4. The number of hydrogen-bond donors (Lipinski definition) is 4. The molecule has 388 valence electrons. The summed E-state index contributed by atoms with van der Waals surface area (Å²) in [6.07, 6.45) is -3.84. The first-order valence-corrected chi connectivity index (χ1v) is 28.2. The summed E-state index contributed by atoms with van der Waals surface area (Å²) in [4.78, 5) is 82.1. The van der Waals surface area contributed by atoms with Crippen molar-refractivity contribution in [3.63, 3.8) is 0 Å². The minimum absolute atomic E-state index is 0.142. The third-order valence-corrected chi connectivity index (χ3v) is 19.8. The van der Waals surface area contributed by atoms with Crippen LogP contribution in [0.2, 0.25) is 18.1 Å². The predicted octanol–water partition coefficient (Wildman–Crippen LogP) is 3.23. The quantitative estimate of drug-likeness (QED) is 0.0638. The first-order valence-electron chi connectivity index (χ1n) is 22.4. The summed E-state index contributed by atoms with van der Waals surface area (Å²) < 4.78 is 93.1. The highest BCUT2D eigenvalue weighted by atomic mass is 31.2. The van der Waals surface area contributed by atoms with Gasteiger partial charge in [-0.05, 0) is 38.9 Å². The van der Waals surface area contributed by atoms with E-state index in [2.05, 4.69) is 28.1 Å². The number of H-pyrrole nitrogens is 3. The molecular formula is C42H62N6O19P2Si. The summed E-state index contributed by atoms with van der Waals surface area (Å²) in [5.41, 5.74) is -3.57. The van der Waals surface area contributed by atoms with Crippen molar-refractivity contribution in [1.82, 2.24) is 28.7 Å². The highest BCUT2D eigenvalue weighted by Gasteiger charge is 2.49. The van der Waals surface area contributed by atoms with Gasteiger partial charge in [-0.3, -0.25) is 70.2 Å². The maximum Gasteiger partial charge on any atom is 0.475 e. The Morgan fingerprint density at radius 1 is 0.643 bits per heavy atom. The number of aliphatic hydroxyl groups excluding tert-OH is 1. The number of hydrogen-bond acceptors (Lipinski definition) is 19. The first-order chi connectivity index (χ1) is 32.8. The summed E-state index contributed by atoms with van der Waals surface area (Å²) >= 11 is 0. The monoisotopic (exact) mass is 1040 g/mol. The second-order valence-corrected chi connectivity index (χ2v) is 26.6. The summed E-state index contributed by atoms with van der Waals surface area (Å²) in [7, 11) is -12.0. The van der Waals surface area contributed by atoms with Gasteiger partial charge in [0.15, 0.2) is 8.32 Å². The predicted molar refractivity (Wildman–Crippen MR) is 252 cm³/mol. The van der Waals surface area contributed by atoms with Crippen LogP contribution >= 0.6 is 15.6 Å². The number of nitrogens with one attached hydrogen (secondary N) is 3. The molecule has 4 N–H and O–H groups in total. The molecule has 6 rings (SSSR count). The molecule has 6 heterocycles. The van der Waals surface area contributed by atoms with Gasteiger partial charge in [0.25, 0.3) is 16.7 Å². The number of ether oxygens (including phenoxy) is 3. The molecule has 3 fully saturated rings. The Bertz CT molecular complexity index is 2850. The smallest absolute Gasteiger partial charge is 0.411 e. The van der Waals surface area contributed by atoms with Gasteiger partial charge in [-0.15, -0.1) is 13.2 Å². The van der Waals surface area contributed by atoms with Crippen LogP contribution in [0, 0.1) is 20.8 Å². The van der Waals surface area contributed by atoms with E-state index in [-0.39, 0.29) is 54.2 Å². The van der Waals surface area contributed by atoms with Gasteiger partial charge >= 0.3 is 32.7 Å². The fraction of sp³-hybridized carbons (Fsp3) is 0.619. The largest absolute Gasteiger partial charge is 0.475 e.